The van der Waals surface area contributed by atoms with Gasteiger partial charge in [-0.05, 0) is 18.6 Å². The summed E-state index contributed by atoms with van der Waals surface area (Å²) in [6.45, 7) is 1.91. The maximum absolute atomic E-state index is 9.45. The first-order valence-electron chi connectivity index (χ1n) is 5.20. The van der Waals surface area contributed by atoms with Gasteiger partial charge in [-0.15, -0.1) is 0 Å². The number of nitrogens with zero attached hydrogens (tertiary/aromatic N) is 3. The van der Waals surface area contributed by atoms with Gasteiger partial charge < -0.3 is 9.63 Å². The van der Waals surface area contributed by atoms with Crippen LogP contribution >= 0.6 is 0 Å². The molecule has 0 radical (unpaired) electrons. The molecule has 0 fully saturated rings. The van der Waals surface area contributed by atoms with Crippen LogP contribution in [0.2, 0.25) is 0 Å². The van der Waals surface area contributed by atoms with Crippen molar-refractivity contribution >= 4 is 0 Å². The Kier molecular flexibility index (Phi) is 3.26. The van der Waals surface area contributed by atoms with Crippen LogP contribution in [0.4, 0.5) is 0 Å². The zero-order chi connectivity index (χ0) is 11.4. The minimum absolute atomic E-state index is 0.397. The first-order valence-corrected chi connectivity index (χ1v) is 5.20. The van der Waals surface area contributed by atoms with Crippen LogP contribution in [0, 0.1) is 0 Å². The van der Waals surface area contributed by atoms with Crippen LogP contribution in [-0.4, -0.2) is 26.3 Å². The SMILES string of the molecule is CCC(O)Cc1nc(-c2ccncc2)no1. The van der Waals surface area contributed by atoms with Gasteiger partial charge in [0.25, 0.3) is 0 Å². The number of hydrogen-bond acceptors (Lipinski definition) is 5. The summed E-state index contributed by atoms with van der Waals surface area (Å²) in [6.07, 6.45) is 3.99. The molecule has 2 aromatic rings. The molecule has 1 atom stereocenters. The van der Waals surface area contributed by atoms with Gasteiger partial charge in [-0.1, -0.05) is 12.1 Å². The number of aliphatic hydroxyl groups is 1. The van der Waals surface area contributed by atoms with Gasteiger partial charge >= 0.3 is 0 Å². The topological polar surface area (TPSA) is 72.0 Å². The van der Waals surface area contributed by atoms with Crippen molar-refractivity contribution in [2.45, 2.75) is 25.9 Å². The Hall–Kier alpha value is -1.75. The van der Waals surface area contributed by atoms with Crippen molar-refractivity contribution in [3.63, 3.8) is 0 Å². The second-order valence-electron chi connectivity index (χ2n) is 3.51. The van der Waals surface area contributed by atoms with E-state index in [-0.39, 0.29) is 0 Å². The molecule has 5 nitrogen and oxygen atoms in total. The number of aliphatic hydroxyl groups excluding tert-OH is 1. The highest BCUT2D eigenvalue weighted by Gasteiger charge is 2.11. The molecule has 5 heteroatoms. The standard InChI is InChI=1S/C11H13N3O2/c1-2-9(15)7-10-13-11(14-16-10)8-3-5-12-6-4-8/h3-6,9,15H,2,7H2,1H3. The molecule has 0 saturated carbocycles. The highest BCUT2D eigenvalue weighted by atomic mass is 16.5. The summed E-state index contributed by atoms with van der Waals surface area (Å²) in [5.41, 5.74) is 0.857. The molecule has 2 rings (SSSR count). The Morgan fingerprint density at radius 1 is 1.38 bits per heavy atom. The van der Waals surface area contributed by atoms with Crippen molar-refractivity contribution in [2.24, 2.45) is 0 Å². The second kappa shape index (κ2) is 4.85. The molecule has 2 heterocycles. The average Bonchev–Trinajstić information content (AvgIpc) is 2.78. The predicted octanol–water partition coefficient (Wildman–Crippen LogP) is 1.44. The third-order valence-corrected chi connectivity index (χ3v) is 2.29. The van der Waals surface area contributed by atoms with Gasteiger partial charge in [0.1, 0.15) is 0 Å². The Morgan fingerprint density at radius 2 is 2.12 bits per heavy atom. The molecule has 0 aliphatic heterocycles. The smallest absolute Gasteiger partial charge is 0.229 e. The molecule has 0 aliphatic rings. The lowest BCUT2D eigenvalue weighted by Crippen LogP contribution is -2.08. The zero-order valence-corrected chi connectivity index (χ0v) is 9.00. The largest absolute Gasteiger partial charge is 0.393 e. The molecule has 0 saturated heterocycles. The lowest BCUT2D eigenvalue weighted by molar-refractivity contribution is 0.158. The Balaban J connectivity index is 2.14. The van der Waals surface area contributed by atoms with Gasteiger partial charge in [0.05, 0.1) is 12.5 Å². The van der Waals surface area contributed by atoms with Crippen LogP contribution in [0.5, 0.6) is 0 Å². The fourth-order valence-electron chi connectivity index (χ4n) is 1.30. The second-order valence-corrected chi connectivity index (χ2v) is 3.51. The van der Waals surface area contributed by atoms with E-state index in [0.717, 1.165) is 5.56 Å². The van der Waals surface area contributed by atoms with Crippen molar-refractivity contribution in [1.82, 2.24) is 15.1 Å². The first kappa shape index (κ1) is 10.8. The molecule has 0 aromatic carbocycles. The van der Waals surface area contributed by atoms with Gasteiger partial charge in [0, 0.05) is 18.0 Å². The van der Waals surface area contributed by atoms with E-state index in [1.165, 1.54) is 0 Å². The van der Waals surface area contributed by atoms with Gasteiger partial charge in [-0.3, -0.25) is 4.98 Å². The lowest BCUT2D eigenvalue weighted by atomic mass is 10.2. The molecule has 0 spiro atoms. The Bertz CT molecular complexity index is 442. The summed E-state index contributed by atoms with van der Waals surface area (Å²) in [4.78, 5) is 8.12. The molecule has 1 N–H and O–H groups in total. The zero-order valence-electron chi connectivity index (χ0n) is 9.00. The number of hydrogen-bond donors (Lipinski definition) is 1. The third-order valence-electron chi connectivity index (χ3n) is 2.29. The molecular weight excluding hydrogens is 206 g/mol. The number of pyridine rings is 1. The summed E-state index contributed by atoms with van der Waals surface area (Å²) >= 11 is 0. The van der Waals surface area contributed by atoms with E-state index in [4.69, 9.17) is 4.52 Å². The fourth-order valence-corrected chi connectivity index (χ4v) is 1.30. The van der Waals surface area contributed by atoms with Crippen LogP contribution in [0.1, 0.15) is 19.2 Å². The Morgan fingerprint density at radius 3 is 2.81 bits per heavy atom. The predicted molar refractivity (Wildman–Crippen MR) is 57.5 cm³/mol. The Labute approximate surface area is 93.1 Å². The van der Waals surface area contributed by atoms with Gasteiger partial charge in [-0.25, -0.2) is 0 Å². The molecular formula is C11H13N3O2. The van der Waals surface area contributed by atoms with Gasteiger partial charge in [-0.2, -0.15) is 4.98 Å². The quantitative estimate of drug-likeness (QED) is 0.842. The van der Waals surface area contributed by atoms with Crippen molar-refractivity contribution in [2.75, 3.05) is 0 Å². The average molecular weight is 219 g/mol. The summed E-state index contributed by atoms with van der Waals surface area (Å²) in [5, 5.41) is 13.3. The van der Waals surface area contributed by atoms with E-state index >= 15 is 0 Å². The molecule has 1 unspecified atom stereocenters. The van der Waals surface area contributed by atoms with Crippen molar-refractivity contribution in [3.8, 4) is 11.4 Å². The molecule has 0 bridgehead atoms. The van der Waals surface area contributed by atoms with Crippen molar-refractivity contribution in [1.29, 1.82) is 0 Å². The molecule has 0 aliphatic carbocycles. The monoisotopic (exact) mass is 219 g/mol. The summed E-state index contributed by atoms with van der Waals surface area (Å²) in [6, 6.07) is 3.62. The maximum atomic E-state index is 9.45. The minimum atomic E-state index is -0.425. The maximum Gasteiger partial charge on any atom is 0.229 e. The fraction of sp³-hybridized carbons (Fsp3) is 0.364. The van der Waals surface area contributed by atoms with E-state index < -0.39 is 6.10 Å². The highest BCUT2D eigenvalue weighted by molar-refractivity contribution is 5.52. The van der Waals surface area contributed by atoms with E-state index in [9.17, 15) is 5.11 Å². The van der Waals surface area contributed by atoms with E-state index in [1.807, 2.05) is 19.1 Å². The van der Waals surface area contributed by atoms with Gasteiger partial charge in [0.15, 0.2) is 0 Å². The summed E-state index contributed by atoms with van der Waals surface area (Å²) < 4.78 is 5.05. The number of aromatic nitrogens is 3. The molecule has 84 valence electrons. The van der Waals surface area contributed by atoms with Crippen LogP contribution in [0.25, 0.3) is 11.4 Å². The first-order chi connectivity index (χ1) is 7.79. The van der Waals surface area contributed by atoms with E-state index in [2.05, 4.69) is 15.1 Å². The van der Waals surface area contributed by atoms with Crippen molar-refractivity contribution < 1.29 is 9.63 Å². The molecule has 0 amide bonds. The van der Waals surface area contributed by atoms with Gasteiger partial charge in [0.2, 0.25) is 11.7 Å². The van der Waals surface area contributed by atoms with E-state index in [1.54, 1.807) is 12.4 Å². The lowest BCUT2D eigenvalue weighted by Gasteiger charge is -2.01. The normalized spacial score (nSPS) is 12.6. The van der Waals surface area contributed by atoms with Crippen LogP contribution in [0.15, 0.2) is 29.0 Å². The summed E-state index contributed by atoms with van der Waals surface area (Å²) in [7, 11) is 0. The van der Waals surface area contributed by atoms with Crippen LogP contribution in [-0.2, 0) is 6.42 Å². The number of rotatable bonds is 4. The summed E-state index contributed by atoms with van der Waals surface area (Å²) in [5.74, 6) is 0.988. The third kappa shape index (κ3) is 2.43. The molecule has 2 aromatic heterocycles. The van der Waals surface area contributed by atoms with Crippen molar-refractivity contribution in [3.05, 3.63) is 30.4 Å². The minimum Gasteiger partial charge on any atom is -0.393 e. The van der Waals surface area contributed by atoms with E-state index in [0.29, 0.717) is 24.6 Å². The van der Waals surface area contributed by atoms with Crippen LogP contribution in [0.3, 0.4) is 0 Å². The molecule has 16 heavy (non-hydrogen) atoms. The highest BCUT2D eigenvalue weighted by Crippen LogP contribution is 2.14. The van der Waals surface area contributed by atoms with Crippen LogP contribution < -0.4 is 0 Å².